The molecule has 0 aromatic heterocycles. The lowest BCUT2D eigenvalue weighted by Crippen LogP contribution is -2.28. The van der Waals surface area contributed by atoms with Crippen molar-refractivity contribution in [1.29, 1.82) is 0 Å². The van der Waals surface area contributed by atoms with Gasteiger partial charge in [-0.1, -0.05) is 19.9 Å². The molecule has 0 aromatic carbocycles. The highest BCUT2D eigenvalue weighted by molar-refractivity contribution is 5.14. The molecule has 1 aliphatic heterocycles. The summed E-state index contributed by atoms with van der Waals surface area (Å²) < 4.78 is 5.30. The Morgan fingerprint density at radius 3 is 2.45 bits per heavy atom. The molecule has 1 radical (unpaired) electrons. The van der Waals surface area contributed by atoms with Crippen molar-refractivity contribution < 1.29 is 4.74 Å². The third-order valence-corrected chi connectivity index (χ3v) is 1.69. The molecule has 0 amide bonds. The molecule has 1 heterocycles. The number of hydrogen-bond donors (Lipinski definition) is 0. The van der Waals surface area contributed by atoms with Gasteiger partial charge >= 0.3 is 0 Å². The largest absolute Gasteiger partial charge is 0.470 e. The van der Waals surface area contributed by atoms with E-state index in [0.717, 1.165) is 19.3 Å². The van der Waals surface area contributed by atoms with E-state index in [4.69, 9.17) is 4.74 Å². The summed E-state index contributed by atoms with van der Waals surface area (Å²) in [5, 5.41) is 0. The molecule has 0 aromatic rings. The van der Waals surface area contributed by atoms with Crippen molar-refractivity contribution in [3.8, 4) is 0 Å². The van der Waals surface area contributed by atoms with E-state index in [1.54, 1.807) is 6.26 Å². The zero-order chi connectivity index (χ0) is 8.10. The molecule has 2 heteroatoms. The SMILES string of the molecule is CCN(CC)[C]1C=CC=CO1. The van der Waals surface area contributed by atoms with E-state index in [1.165, 1.54) is 0 Å². The molecule has 61 valence electrons. The van der Waals surface area contributed by atoms with Gasteiger partial charge in [0.05, 0.1) is 6.26 Å². The minimum absolute atomic E-state index is 0.942. The highest BCUT2D eigenvalue weighted by Crippen LogP contribution is 2.14. The molecule has 0 bridgehead atoms. The second-order valence-corrected chi connectivity index (χ2v) is 2.32. The Morgan fingerprint density at radius 2 is 2.00 bits per heavy atom. The van der Waals surface area contributed by atoms with Crippen LogP contribution in [0, 0.1) is 6.23 Å². The zero-order valence-electron chi connectivity index (χ0n) is 7.08. The Morgan fingerprint density at radius 1 is 1.27 bits per heavy atom. The van der Waals surface area contributed by atoms with Crippen molar-refractivity contribution in [2.45, 2.75) is 13.8 Å². The van der Waals surface area contributed by atoms with Gasteiger partial charge < -0.3 is 4.74 Å². The minimum atomic E-state index is 0.942. The lowest BCUT2D eigenvalue weighted by Gasteiger charge is -2.25. The van der Waals surface area contributed by atoms with Gasteiger partial charge in [-0.05, 0) is 25.2 Å². The summed E-state index contributed by atoms with van der Waals surface area (Å²) in [6, 6.07) is 0. The maximum atomic E-state index is 5.30. The Kier molecular flexibility index (Phi) is 3.17. The lowest BCUT2D eigenvalue weighted by atomic mass is 10.3. The van der Waals surface area contributed by atoms with Crippen molar-refractivity contribution in [2.75, 3.05) is 13.1 Å². The van der Waals surface area contributed by atoms with Gasteiger partial charge in [0.1, 0.15) is 0 Å². The molecule has 1 aliphatic rings. The summed E-state index contributed by atoms with van der Waals surface area (Å²) in [5.74, 6) is 0. The average molecular weight is 152 g/mol. The molecular formula is C9H14NO. The van der Waals surface area contributed by atoms with E-state index in [2.05, 4.69) is 18.7 Å². The summed E-state index contributed by atoms with van der Waals surface area (Å²) in [6.07, 6.45) is 8.49. The molecule has 11 heavy (non-hydrogen) atoms. The van der Waals surface area contributed by atoms with Crippen molar-refractivity contribution in [1.82, 2.24) is 4.90 Å². The summed E-state index contributed by atoms with van der Waals surface area (Å²) in [5.41, 5.74) is 0. The van der Waals surface area contributed by atoms with E-state index < -0.39 is 0 Å². The van der Waals surface area contributed by atoms with Gasteiger partial charge in [0.2, 0.25) is 6.23 Å². The van der Waals surface area contributed by atoms with Crippen LogP contribution in [0.2, 0.25) is 0 Å². The van der Waals surface area contributed by atoms with Crippen LogP contribution in [-0.4, -0.2) is 18.0 Å². The Hall–Kier alpha value is -0.760. The molecule has 0 aliphatic carbocycles. The fourth-order valence-electron chi connectivity index (χ4n) is 1.05. The quantitative estimate of drug-likeness (QED) is 0.612. The van der Waals surface area contributed by atoms with Gasteiger partial charge in [-0.3, -0.25) is 4.90 Å². The zero-order valence-corrected chi connectivity index (χ0v) is 7.08. The van der Waals surface area contributed by atoms with Gasteiger partial charge in [0.25, 0.3) is 0 Å². The third kappa shape index (κ3) is 2.09. The van der Waals surface area contributed by atoms with Crippen LogP contribution < -0.4 is 0 Å². The molecule has 0 atom stereocenters. The molecule has 0 unspecified atom stereocenters. The highest BCUT2D eigenvalue weighted by Gasteiger charge is 2.14. The molecule has 1 rings (SSSR count). The van der Waals surface area contributed by atoms with E-state index in [-0.39, 0.29) is 0 Å². The van der Waals surface area contributed by atoms with Crippen LogP contribution >= 0.6 is 0 Å². The monoisotopic (exact) mass is 152 g/mol. The standard InChI is InChI=1S/C9H14NO/c1-3-10(4-2)9-7-5-6-8-11-9/h5-8H,3-4H2,1-2H3. The van der Waals surface area contributed by atoms with Gasteiger partial charge in [-0.15, -0.1) is 0 Å². The van der Waals surface area contributed by atoms with Crippen molar-refractivity contribution >= 4 is 0 Å². The first-order chi connectivity index (χ1) is 5.38. The van der Waals surface area contributed by atoms with Gasteiger partial charge in [-0.25, -0.2) is 0 Å². The fraction of sp³-hybridized carbons (Fsp3) is 0.444. The van der Waals surface area contributed by atoms with Crippen LogP contribution in [0.5, 0.6) is 0 Å². The summed E-state index contributed by atoms with van der Waals surface area (Å²) >= 11 is 0. The topological polar surface area (TPSA) is 12.5 Å². The van der Waals surface area contributed by atoms with Gasteiger partial charge in [-0.2, -0.15) is 0 Å². The first-order valence-electron chi connectivity index (χ1n) is 4.00. The smallest absolute Gasteiger partial charge is 0.239 e. The molecule has 0 fully saturated rings. The van der Waals surface area contributed by atoms with E-state index in [1.807, 2.05) is 18.2 Å². The van der Waals surface area contributed by atoms with E-state index in [0.29, 0.717) is 0 Å². The van der Waals surface area contributed by atoms with Crippen molar-refractivity contribution in [3.63, 3.8) is 0 Å². The Balaban J connectivity index is 2.45. The molecule has 2 nitrogen and oxygen atoms in total. The van der Waals surface area contributed by atoms with Crippen LogP contribution in [0.1, 0.15) is 13.8 Å². The highest BCUT2D eigenvalue weighted by atomic mass is 16.5. The lowest BCUT2D eigenvalue weighted by molar-refractivity contribution is 0.129. The number of rotatable bonds is 3. The maximum absolute atomic E-state index is 5.30. The van der Waals surface area contributed by atoms with Gasteiger partial charge in [0, 0.05) is 0 Å². The van der Waals surface area contributed by atoms with E-state index in [9.17, 15) is 0 Å². The van der Waals surface area contributed by atoms with Crippen LogP contribution in [0.4, 0.5) is 0 Å². The number of ether oxygens (including phenoxy) is 1. The summed E-state index contributed by atoms with van der Waals surface area (Å²) in [7, 11) is 0. The molecule has 0 spiro atoms. The van der Waals surface area contributed by atoms with Crippen LogP contribution in [0.25, 0.3) is 0 Å². The summed E-state index contributed by atoms with van der Waals surface area (Å²) in [6.45, 7) is 6.21. The first-order valence-corrected chi connectivity index (χ1v) is 4.00. The number of likely N-dealkylation sites (N-methyl/N-ethyl adjacent to an activating group) is 1. The predicted molar refractivity (Wildman–Crippen MR) is 45.5 cm³/mol. The summed E-state index contributed by atoms with van der Waals surface area (Å²) in [4.78, 5) is 2.17. The van der Waals surface area contributed by atoms with Crippen molar-refractivity contribution in [3.05, 3.63) is 30.7 Å². The van der Waals surface area contributed by atoms with E-state index >= 15 is 0 Å². The number of allylic oxidation sites excluding steroid dienone is 2. The maximum Gasteiger partial charge on any atom is 0.239 e. The third-order valence-electron chi connectivity index (χ3n) is 1.69. The first kappa shape index (κ1) is 8.34. The molecule has 0 N–H and O–H groups in total. The second kappa shape index (κ2) is 4.19. The van der Waals surface area contributed by atoms with Crippen molar-refractivity contribution in [2.24, 2.45) is 0 Å². The van der Waals surface area contributed by atoms with Crippen LogP contribution in [-0.2, 0) is 4.74 Å². The molecule has 0 saturated carbocycles. The predicted octanol–water partition coefficient (Wildman–Crippen LogP) is 1.92. The number of hydrogen-bond acceptors (Lipinski definition) is 2. The van der Waals surface area contributed by atoms with Gasteiger partial charge in [0.15, 0.2) is 0 Å². The Bertz CT molecular complexity index is 159. The Labute approximate surface area is 68.1 Å². The minimum Gasteiger partial charge on any atom is -0.470 e. The average Bonchev–Trinajstić information content (AvgIpc) is 2.09. The second-order valence-electron chi connectivity index (χ2n) is 2.32. The van der Waals surface area contributed by atoms with Crippen LogP contribution in [0.3, 0.4) is 0 Å². The molecule has 0 saturated heterocycles. The number of nitrogens with zero attached hydrogens (tertiary/aromatic N) is 1. The van der Waals surface area contributed by atoms with Crippen LogP contribution in [0.15, 0.2) is 24.5 Å². The fourth-order valence-corrected chi connectivity index (χ4v) is 1.05. The molecular weight excluding hydrogens is 138 g/mol. The normalized spacial score (nSPS) is 17.4.